The summed E-state index contributed by atoms with van der Waals surface area (Å²) in [5.74, 6) is -0.0330. The highest BCUT2D eigenvalue weighted by atomic mass is 32.2. The lowest BCUT2D eigenvalue weighted by atomic mass is 10.1. The number of aryl methyl sites for hydroxylation is 1. The van der Waals surface area contributed by atoms with Crippen LogP contribution < -0.4 is 10.0 Å². The standard InChI is InChI=1S/C20H22N2O5S/c1-14-17-5-3-4-6-18(17)27-19(14)20(23)21-13-15-7-9-16(10-8-15)28(24,25)22-11-12-26-2/h3-10,22H,11-13H2,1-2H3,(H,21,23). The smallest absolute Gasteiger partial charge is 0.287 e. The summed E-state index contributed by atoms with van der Waals surface area (Å²) in [6, 6.07) is 13.8. The molecule has 0 saturated heterocycles. The molecule has 1 aromatic heterocycles. The van der Waals surface area contributed by atoms with Crippen molar-refractivity contribution in [2.24, 2.45) is 0 Å². The third kappa shape index (κ3) is 4.41. The lowest BCUT2D eigenvalue weighted by molar-refractivity contribution is 0.0924. The molecule has 2 aromatic carbocycles. The van der Waals surface area contributed by atoms with Gasteiger partial charge in [-0.15, -0.1) is 0 Å². The molecular formula is C20H22N2O5S. The van der Waals surface area contributed by atoms with E-state index in [1.807, 2.05) is 31.2 Å². The number of carbonyl (C=O) groups excluding carboxylic acids is 1. The highest BCUT2D eigenvalue weighted by Crippen LogP contribution is 2.24. The average Bonchev–Trinajstić information content (AvgIpc) is 3.04. The number of amides is 1. The number of nitrogens with one attached hydrogen (secondary N) is 2. The van der Waals surface area contributed by atoms with Gasteiger partial charge in [0.25, 0.3) is 5.91 Å². The van der Waals surface area contributed by atoms with E-state index in [4.69, 9.17) is 9.15 Å². The molecule has 2 N–H and O–H groups in total. The summed E-state index contributed by atoms with van der Waals surface area (Å²) in [5.41, 5.74) is 2.23. The second kappa shape index (κ2) is 8.55. The SMILES string of the molecule is COCCNS(=O)(=O)c1ccc(CNC(=O)c2oc3ccccc3c2C)cc1. The molecule has 7 nitrogen and oxygen atoms in total. The molecule has 148 valence electrons. The zero-order chi connectivity index (χ0) is 20.1. The lowest BCUT2D eigenvalue weighted by Crippen LogP contribution is -2.27. The first-order valence-electron chi connectivity index (χ1n) is 8.76. The van der Waals surface area contributed by atoms with Gasteiger partial charge in [-0.05, 0) is 30.7 Å². The first kappa shape index (κ1) is 20.1. The quantitative estimate of drug-likeness (QED) is 0.565. The summed E-state index contributed by atoms with van der Waals surface area (Å²) < 4.78 is 37.2. The van der Waals surface area contributed by atoms with Gasteiger partial charge in [0.1, 0.15) is 5.58 Å². The number of hydrogen-bond donors (Lipinski definition) is 2. The van der Waals surface area contributed by atoms with Crippen molar-refractivity contribution in [1.29, 1.82) is 0 Å². The number of hydrogen-bond acceptors (Lipinski definition) is 5. The zero-order valence-electron chi connectivity index (χ0n) is 15.7. The van der Waals surface area contributed by atoms with Crippen LogP contribution in [0.4, 0.5) is 0 Å². The van der Waals surface area contributed by atoms with E-state index in [0.29, 0.717) is 12.2 Å². The largest absolute Gasteiger partial charge is 0.451 e. The van der Waals surface area contributed by atoms with Gasteiger partial charge in [-0.3, -0.25) is 4.79 Å². The fraction of sp³-hybridized carbons (Fsp3) is 0.250. The third-order valence-electron chi connectivity index (χ3n) is 4.33. The van der Waals surface area contributed by atoms with Gasteiger partial charge in [0.05, 0.1) is 11.5 Å². The predicted molar refractivity (Wildman–Crippen MR) is 106 cm³/mol. The Balaban J connectivity index is 1.64. The molecule has 0 atom stereocenters. The number of furan rings is 1. The zero-order valence-corrected chi connectivity index (χ0v) is 16.5. The van der Waals surface area contributed by atoms with Crippen LogP contribution in [0, 0.1) is 6.92 Å². The molecule has 3 aromatic rings. The number of ether oxygens (including phenoxy) is 1. The maximum atomic E-state index is 12.5. The Kier molecular flexibility index (Phi) is 6.13. The van der Waals surface area contributed by atoms with Gasteiger partial charge in [-0.1, -0.05) is 30.3 Å². The van der Waals surface area contributed by atoms with Crippen molar-refractivity contribution in [1.82, 2.24) is 10.0 Å². The van der Waals surface area contributed by atoms with Gasteiger partial charge in [-0.25, -0.2) is 13.1 Å². The normalized spacial score (nSPS) is 11.6. The van der Waals surface area contributed by atoms with Gasteiger partial charge in [0.2, 0.25) is 10.0 Å². The van der Waals surface area contributed by atoms with Crippen LogP contribution >= 0.6 is 0 Å². The van der Waals surface area contributed by atoms with Crippen molar-refractivity contribution < 1.29 is 22.4 Å². The Labute approximate surface area is 163 Å². The minimum Gasteiger partial charge on any atom is -0.451 e. The van der Waals surface area contributed by atoms with Crippen LogP contribution in [0.25, 0.3) is 11.0 Å². The number of benzene rings is 2. The van der Waals surface area contributed by atoms with Crippen LogP contribution in [-0.2, 0) is 21.3 Å². The van der Waals surface area contributed by atoms with E-state index in [1.54, 1.807) is 12.1 Å². The maximum absolute atomic E-state index is 12.5. The van der Waals surface area contributed by atoms with E-state index in [-0.39, 0.29) is 29.7 Å². The minimum absolute atomic E-state index is 0.159. The molecule has 0 aliphatic carbocycles. The fourth-order valence-electron chi connectivity index (χ4n) is 2.80. The van der Waals surface area contributed by atoms with Crippen molar-refractivity contribution in [3.63, 3.8) is 0 Å². The van der Waals surface area contributed by atoms with Gasteiger partial charge in [0.15, 0.2) is 5.76 Å². The van der Waals surface area contributed by atoms with Crippen molar-refractivity contribution in [2.45, 2.75) is 18.4 Å². The van der Waals surface area contributed by atoms with E-state index in [9.17, 15) is 13.2 Å². The molecule has 0 aliphatic heterocycles. The average molecular weight is 402 g/mol. The molecule has 0 fully saturated rings. The summed E-state index contributed by atoms with van der Waals surface area (Å²) in [4.78, 5) is 12.6. The van der Waals surface area contributed by atoms with Crippen LogP contribution in [0.15, 0.2) is 57.8 Å². The Hall–Kier alpha value is -2.68. The Bertz CT molecular complexity index is 1070. The summed E-state index contributed by atoms with van der Waals surface area (Å²) in [6.45, 7) is 2.60. The number of sulfonamides is 1. The summed E-state index contributed by atoms with van der Waals surface area (Å²) >= 11 is 0. The van der Waals surface area contributed by atoms with E-state index in [0.717, 1.165) is 16.5 Å². The number of rotatable bonds is 8. The van der Waals surface area contributed by atoms with Crippen molar-refractivity contribution in [2.75, 3.05) is 20.3 Å². The molecule has 0 radical (unpaired) electrons. The van der Waals surface area contributed by atoms with Crippen molar-refractivity contribution in [3.8, 4) is 0 Å². The molecular weight excluding hydrogens is 380 g/mol. The second-order valence-electron chi connectivity index (χ2n) is 6.27. The molecule has 0 bridgehead atoms. The number of fused-ring (bicyclic) bond motifs is 1. The number of para-hydroxylation sites is 1. The molecule has 1 heterocycles. The monoisotopic (exact) mass is 402 g/mol. The number of methoxy groups -OCH3 is 1. The van der Waals surface area contributed by atoms with Crippen molar-refractivity contribution in [3.05, 3.63) is 65.4 Å². The van der Waals surface area contributed by atoms with Crippen LogP contribution in [0.2, 0.25) is 0 Å². The Morgan fingerprint density at radius 1 is 1.11 bits per heavy atom. The third-order valence-corrected chi connectivity index (χ3v) is 5.81. The summed E-state index contributed by atoms with van der Waals surface area (Å²) in [7, 11) is -2.07. The van der Waals surface area contributed by atoms with E-state index < -0.39 is 10.0 Å². The van der Waals surface area contributed by atoms with Gasteiger partial charge in [0, 0.05) is 31.1 Å². The van der Waals surface area contributed by atoms with E-state index in [2.05, 4.69) is 10.0 Å². The molecule has 8 heteroatoms. The maximum Gasteiger partial charge on any atom is 0.287 e. The molecule has 1 amide bonds. The van der Waals surface area contributed by atoms with Gasteiger partial charge in [-0.2, -0.15) is 0 Å². The first-order valence-corrected chi connectivity index (χ1v) is 10.2. The highest BCUT2D eigenvalue weighted by molar-refractivity contribution is 7.89. The minimum atomic E-state index is -3.58. The summed E-state index contributed by atoms with van der Waals surface area (Å²) in [5, 5.41) is 3.71. The Morgan fingerprint density at radius 2 is 1.82 bits per heavy atom. The van der Waals surface area contributed by atoms with Crippen LogP contribution in [-0.4, -0.2) is 34.6 Å². The summed E-state index contributed by atoms with van der Waals surface area (Å²) in [6.07, 6.45) is 0. The molecule has 0 aliphatic rings. The molecule has 0 saturated carbocycles. The van der Waals surface area contributed by atoms with E-state index in [1.165, 1.54) is 19.2 Å². The van der Waals surface area contributed by atoms with Crippen LogP contribution in [0.3, 0.4) is 0 Å². The van der Waals surface area contributed by atoms with Gasteiger partial charge < -0.3 is 14.5 Å². The molecule has 0 spiro atoms. The highest BCUT2D eigenvalue weighted by Gasteiger charge is 2.17. The van der Waals surface area contributed by atoms with Crippen LogP contribution in [0.1, 0.15) is 21.7 Å². The predicted octanol–water partition coefficient (Wildman–Crippen LogP) is 2.60. The molecule has 28 heavy (non-hydrogen) atoms. The topological polar surface area (TPSA) is 97.6 Å². The van der Waals surface area contributed by atoms with E-state index >= 15 is 0 Å². The lowest BCUT2D eigenvalue weighted by Gasteiger charge is -2.08. The second-order valence-corrected chi connectivity index (χ2v) is 8.04. The molecule has 0 unspecified atom stereocenters. The van der Waals surface area contributed by atoms with Gasteiger partial charge >= 0.3 is 0 Å². The Morgan fingerprint density at radius 3 is 2.50 bits per heavy atom. The van der Waals surface area contributed by atoms with Crippen LogP contribution in [0.5, 0.6) is 0 Å². The van der Waals surface area contributed by atoms with Crippen molar-refractivity contribution >= 4 is 26.9 Å². The first-order chi connectivity index (χ1) is 13.4. The number of carbonyl (C=O) groups is 1. The molecule has 3 rings (SSSR count). The fourth-order valence-corrected chi connectivity index (χ4v) is 3.81.